The van der Waals surface area contributed by atoms with Crippen LogP contribution in [-0.4, -0.2) is 23.7 Å². The average molecular weight is 320 g/mol. The van der Waals surface area contributed by atoms with Gasteiger partial charge in [0, 0.05) is 22.7 Å². The van der Waals surface area contributed by atoms with Crippen LogP contribution in [0, 0.1) is 5.92 Å². The summed E-state index contributed by atoms with van der Waals surface area (Å²) >= 11 is 5.86. The van der Waals surface area contributed by atoms with E-state index in [0.717, 1.165) is 24.8 Å². The van der Waals surface area contributed by atoms with Crippen molar-refractivity contribution in [1.29, 1.82) is 0 Å². The van der Waals surface area contributed by atoms with E-state index in [4.69, 9.17) is 21.9 Å². The van der Waals surface area contributed by atoms with E-state index in [-0.39, 0.29) is 17.6 Å². The molecule has 0 aliphatic heterocycles. The molecule has 0 bridgehead atoms. The average Bonchev–Trinajstić information content (AvgIpc) is 3.16. The molecule has 0 radical (unpaired) electrons. The summed E-state index contributed by atoms with van der Waals surface area (Å²) in [4.78, 5) is 12.3. The minimum Gasteiger partial charge on any atom is -0.355 e. The molecule has 1 fully saturated rings. The fourth-order valence-electron chi connectivity index (χ4n) is 2.88. The van der Waals surface area contributed by atoms with Crippen molar-refractivity contribution in [2.45, 2.75) is 25.3 Å². The van der Waals surface area contributed by atoms with Crippen LogP contribution in [0.3, 0.4) is 0 Å². The Kier molecular flexibility index (Phi) is 4.45. The molecule has 1 aliphatic rings. The van der Waals surface area contributed by atoms with E-state index < -0.39 is 0 Å². The normalized spacial score (nSPS) is 21.0. The number of carbonyl (C=O) groups excluding carboxylic acids is 1. The number of hydrogen-bond donors (Lipinski definition) is 2. The molecule has 1 heterocycles. The third-order valence-corrected chi connectivity index (χ3v) is 4.40. The second kappa shape index (κ2) is 6.50. The molecule has 5 nitrogen and oxygen atoms in total. The maximum absolute atomic E-state index is 12.3. The summed E-state index contributed by atoms with van der Waals surface area (Å²) in [6, 6.07) is 8.96. The lowest BCUT2D eigenvalue weighted by molar-refractivity contribution is 0.0919. The molecule has 1 aliphatic carbocycles. The third-order valence-electron chi connectivity index (χ3n) is 4.15. The van der Waals surface area contributed by atoms with E-state index in [9.17, 15) is 4.79 Å². The summed E-state index contributed by atoms with van der Waals surface area (Å²) in [5.74, 6) is 0.685. The van der Waals surface area contributed by atoms with Gasteiger partial charge >= 0.3 is 0 Å². The van der Waals surface area contributed by atoms with Crippen molar-refractivity contribution in [3.63, 3.8) is 0 Å². The van der Waals surface area contributed by atoms with Crippen LogP contribution in [0.1, 0.15) is 29.8 Å². The van der Waals surface area contributed by atoms with E-state index in [1.165, 1.54) is 0 Å². The molecule has 1 amide bonds. The van der Waals surface area contributed by atoms with Crippen LogP contribution >= 0.6 is 11.6 Å². The second-order valence-corrected chi connectivity index (χ2v) is 6.03. The minimum absolute atomic E-state index is 0.133. The van der Waals surface area contributed by atoms with Crippen LogP contribution in [-0.2, 0) is 0 Å². The highest BCUT2D eigenvalue weighted by molar-refractivity contribution is 6.30. The molecule has 2 atom stereocenters. The Bertz CT molecular complexity index is 654. The van der Waals surface area contributed by atoms with Gasteiger partial charge in [0.15, 0.2) is 11.5 Å². The van der Waals surface area contributed by atoms with Gasteiger partial charge in [0.2, 0.25) is 0 Å². The molecular formula is C16H18ClN3O2. The van der Waals surface area contributed by atoms with Crippen molar-refractivity contribution in [3.05, 3.63) is 41.0 Å². The molecule has 22 heavy (non-hydrogen) atoms. The number of amides is 1. The van der Waals surface area contributed by atoms with Crippen molar-refractivity contribution in [2.24, 2.45) is 11.7 Å². The zero-order valence-electron chi connectivity index (χ0n) is 12.1. The van der Waals surface area contributed by atoms with Crippen LogP contribution < -0.4 is 11.1 Å². The van der Waals surface area contributed by atoms with Gasteiger partial charge in [-0.05, 0) is 49.6 Å². The Morgan fingerprint density at radius 3 is 2.86 bits per heavy atom. The van der Waals surface area contributed by atoms with Gasteiger partial charge in [-0.3, -0.25) is 4.79 Å². The quantitative estimate of drug-likeness (QED) is 0.908. The zero-order valence-corrected chi connectivity index (χ0v) is 12.8. The van der Waals surface area contributed by atoms with E-state index in [1.54, 1.807) is 18.2 Å². The van der Waals surface area contributed by atoms with Gasteiger partial charge in [0.1, 0.15) is 0 Å². The van der Waals surface area contributed by atoms with Gasteiger partial charge in [-0.2, -0.15) is 0 Å². The monoisotopic (exact) mass is 319 g/mol. The summed E-state index contributed by atoms with van der Waals surface area (Å²) in [5, 5.41) is 7.51. The number of benzene rings is 1. The number of hydrogen-bond acceptors (Lipinski definition) is 4. The lowest BCUT2D eigenvalue weighted by Crippen LogP contribution is -2.39. The minimum atomic E-state index is -0.214. The smallest absolute Gasteiger partial charge is 0.273 e. The fraction of sp³-hybridized carbons (Fsp3) is 0.375. The van der Waals surface area contributed by atoms with E-state index in [0.29, 0.717) is 23.2 Å². The van der Waals surface area contributed by atoms with Crippen molar-refractivity contribution < 1.29 is 9.32 Å². The predicted octanol–water partition coefficient (Wildman–Crippen LogP) is 2.85. The van der Waals surface area contributed by atoms with Crippen molar-refractivity contribution in [3.8, 4) is 11.3 Å². The summed E-state index contributed by atoms with van der Waals surface area (Å²) in [6.45, 7) is 0.597. The number of nitrogens with zero attached hydrogens (tertiary/aromatic N) is 1. The van der Waals surface area contributed by atoms with E-state index in [1.807, 2.05) is 12.1 Å². The van der Waals surface area contributed by atoms with Crippen molar-refractivity contribution in [1.82, 2.24) is 10.5 Å². The standard InChI is InChI=1S/C16H18ClN3O2/c17-12-6-4-10(5-7-12)15-8-14(20-22-15)16(21)19-13-3-1-2-11(13)9-18/h4-8,11,13H,1-3,9,18H2,(H,19,21). The molecule has 3 N–H and O–H groups in total. The molecule has 116 valence electrons. The first-order valence-corrected chi connectivity index (χ1v) is 7.79. The molecule has 2 unspecified atom stereocenters. The van der Waals surface area contributed by atoms with E-state index in [2.05, 4.69) is 10.5 Å². The Labute approximate surface area is 133 Å². The highest BCUT2D eigenvalue weighted by Gasteiger charge is 2.28. The summed E-state index contributed by atoms with van der Waals surface area (Å²) in [6.07, 6.45) is 3.13. The first-order chi connectivity index (χ1) is 10.7. The zero-order chi connectivity index (χ0) is 15.5. The molecular weight excluding hydrogens is 302 g/mol. The summed E-state index contributed by atoms with van der Waals surface area (Å²) in [7, 11) is 0. The Hall–Kier alpha value is -1.85. The SMILES string of the molecule is NCC1CCCC1NC(=O)c1cc(-c2ccc(Cl)cc2)on1. The number of nitrogens with two attached hydrogens (primary N) is 1. The molecule has 1 aromatic carbocycles. The maximum atomic E-state index is 12.3. The number of rotatable bonds is 4. The van der Waals surface area contributed by atoms with E-state index >= 15 is 0 Å². The Morgan fingerprint density at radius 2 is 2.14 bits per heavy atom. The molecule has 1 saturated carbocycles. The number of halogens is 1. The van der Waals surface area contributed by atoms with Gasteiger partial charge in [0.25, 0.3) is 5.91 Å². The molecule has 2 aromatic rings. The molecule has 6 heteroatoms. The predicted molar refractivity (Wildman–Crippen MR) is 84.6 cm³/mol. The maximum Gasteiger partial charge on any atom is 0.273 e. The second-order valence-electron chi connectivity index (χ2n) is 5.59. The van der Waals surface area contributed by atoms with Crippen LogP contribution in [0.5, 0.6) is 0 Å². The fourth-order valence-corrected chi connectivity index (χ4v) is 3.01. The molecule has 0 spiro atoms. The first kappa shape index (κ1) is 15.1. The van der Waals surface area contributed by atoms with Crippen molar-refractivity contribution >= 4 is 17.5 Å². The highest BCUT2D eigenvalue weighted by atomic mass is 35.5. The molecule has 0 saturated heterocycles. The number of carbonyl (C=O) groups is 1. The van der Waals surface area contributed by atoms with Crippen LogP contribution in [0.4, 0.5) is 0 Å². The summed E-state index contributed by atoms with van der Waals surface area (Å²) < 4.78 is 5.25. The number of nitrogens with one attached hydrogen (secondary N) is 1. The van der Waals surface area contributed by atoms with Gasteiger partial charge in [-0.15, -0.1) is 0 Å². The van der Waals surface area contributed by atoms with Crippen LogP contribution in [0.2, 0.25) is 5.02 Å². The van der Waals surface area contributed by atoms with Gasteiger partial charge in [0.05, 0.1) is 0 Å². The topological polar surface area (TPSA) is 81.1 Å². The van der Waals surface area contributed by atoms with Gasteiger partial charge < -0.3 is 15.6 Å². The number of aromatic nitrogens is 1. The van der Waals surface area contributed by atoms with Crippen LogP contribution in [0.15, 0.2) is 34.9 Å². The lowest BCUT2D eigenvalue weighted by Gasteiger charge is -2.18. The third kappa shape index (κ3) is 3.15. The Morgan fingerprint density at radius 1 is 1.36 bits per heavy atom. The van der Waals surface area contributed by atoms with Gasteiger partial charge in [-0.25, -0.2) is 0 Å². The lowest BCUT2D eigenvalue weighted by atomic mass is 10.0. The summed E-state index contributed by atoms with van der Waals surface area (Å²) in [5.41, 5.74) is 6.85. The largest absolute Gasteiger partial charge is 0.355 e. The Balaban J connectivity index is 1.70. The van der Waals surface area contributed by atoms with Crippen LogP contribution in [0.25, 0.3) is 11.3 Å². The molecule has 1 aromatic heterocycles. The highest BCUT2D eigenvalue weighted by Crippen LogP contribution is 2.26. The molecule has 3 rings (SSSR count). The van der Waals surface area contributed by atoms with Gasteiger partial charge in [-0.1, -0.05) is 23.2 Å². The first-order valence-electron chi connectivity index (χ1n) is 7.41. The van der Waals surface area contributed by atoms with Crippen molar-refractivity contribution in [2.75, 3.05) is 6.54 Å².